The minimum absolute atomic E-state index is 0.0178. The Morgan fingerprint density at radius 1 is 0.842 bits per heavy atom. The van der Waals surface area contributed by atoms with Gasteiger partial charge in [-0.3, -0.25) is 0 Å². The van der Waals surface area contributed by atoms with Crippen LogP contribution in [0.2, 0.25) is 0 Å². The van der Waals surface area contributed by atoms with Crippen molar-refractivity contribution >= 4 is 0 Å². The maximum absolute atomic E-state index is 10.4. The Balaban J connectivity index is 0.000000982. The summed E-state index contributed by atoms with van der Waals surface area (Å²) in [5.41, 5.74) is 3.26. The standard InChI is InChI=1S/C15H24O.C2H7N/c1-10-8-11(14(2,3)4)13(16)12(9-10)15(5,6)7;1-3-2/h8-9,16H,1-7H3;3H,1-2H3. The number of phenols is 1. The van der Waals surface area contributed by atoms with Gasteiger partial charge in [0.15, 0.2) is 0 Å². The minimum Gasteiger partial charge on any atom is -0.507 e. The molecule has 1 aromatic carbocycles. The number of aromatic hydroxyl groups is 1. The fourth-order valence-corrected chi connectivity index (χ4v) is 1.92. The monoisotopic (exact) mass is 265 g/mol. The van der Waals surface area contributed by atoms with Gasteiger partial charge in [-0.25, -0.2) is 0 Å². The lowest BCUT2D eigenvalue weighted by atomic mass is 9.78. The maximum atomic E-state index is 10.4. The predicted octanol–water partition coefficient (Wildman–Crippen LogP) is 4.13. The SMILES string of the molecule is CNC.Cc1cc(C(C)(C)C)c(O)c(C(C)(C)C)c1. The molecule has 0 unspecified atom stereocenters. The molecule has 0 atom stereocenters. The van der Waals surface area contributed by atoms with Crippen LogP contribution in [0.15, 0.2) is 12.1 Å². The van der Waals surface area contributed by atoms with E-state index in [2.05, 4.69) is 65.9 Å². The second kappa shape index (κ2) is 6.42. The summed E-state index contributed by atoms with van der Waals surface area (Å²) in [6.07, 6.45) is 0. The zero-order valence-corrected chi connectivity index (χ0v) is 14.1. The van der Waals surface area contributed by atoms with Crippen molar-refractivity contribution in [3.63, 3.8) is 0 Å². The van der Waals surface area contributed by atoms with Crippen LogP contribution in [0, 0.1) is 6.92 Å². The van der Waals surface area contributed by atoms with E-state index in [1.54, 1.807) is 0 Å². The topological polar surface area (TPSA) is 32.3 Å². The van der Waals surface area contributed by atoms with Crippen molar-refractivity contribution in [3.05, 3.63) is 28.8 Å². The van der Waals surface area contributed by atoms with Crippen LogP contribution in [0.1, 0.15) is 58.2 Å². The highest BCUT2D eigenvalue weighted by Gasteiger charge is 2.25. The third-order valence-electron chi connectivity index (χ3n) is 2.87. The van der Waals surface area contributed by atoms with E-state index in [-0.39, 0.29) is 10.8 Å². The Bertz CT molecular complexity index is 373. The van der Waals surface area contributed by atoms with Gasteiger partial charge in [0.2, 0.25) is 0 Å². The van der Waals surface area contributed by atoms with Gasteiger partial charge in [0.1, 0.15) is 5.75 Å². The van der Waals surface area contributed by atoms with Gasteiger partial charge in [-0.15, -0.1) is 0 Å². The van der Waals surface area contributed by atoms with E-state index in [9.17, 15) is 5.11 Å². The molecule has 0 saturated carbocycles. The molecule has 0 saturated heterocycles. The molecule has 0 aliphatic heterocycles. The van der Waals surface area contributed by atoms with Crippen LogP contribution in [0.3, 0.4) is 0 Å². The number of phenolic OH excluding ortho intramolecular Hbond substituents is 1. The molecule has 1 rings (SSSR count). The van der Waals surface area contributed by atoms with Crippen LogP contribution < -0.4 is 5.32 Å². The van der Waals surface area contributed by atoms with Gasteiger partial charge in [0.25, 0.3) is 0 Å². The van der Waals surface area contributed by atoms with Gasteiger partial charge in [-0.2, -0.15) is 0 Å². The second-order valence-corrected chi connectivity index (χ2v) is 7.21. The van der Waals surface area contributed by atoms with E-state index < -0.39 is 0 Å². The molecule has 0 heterocycles. The average molecular weight is 265 g/mol. The molecule has 2 heteroatoms. The van der Waals surface area contributed by atoms with E-state index in [0.29, 0.717) is 5.75 Å². The highest BCUT2D eigenvalue weighted by molar-refractivity contribution is 5.49. The van der Waals surface area contributed by atoms with Gasteiger partial charge in [-0.1, -0.05) is 59.2 Å². The summed E-state index contributed by atoms with van der Waals surface area (Å²) >= 11 is 0. The summed E-state index contributed by atoms with van der Waals surface area (Å²) in [5.74, 6) is 0.464. The number of aryl methyl sites for hydroxylation is 1. The summed E-state index contributed by atoms with van der Waals surface area (Å²) in [7, 11) is 3.75. The van der Waals surface area contributed by atoms with Gasteiger partial charge in [-0.05, 0) is 43.0 Å². The molecule has 0 amide bonds. The Hall–Kier alpha value is -1.02. The van der Waals surface area contributed by atoms with Crippen molar-refractivity contribution in [2.75, 3.05) is 14.1 Å². The highest BCUT2D eigenvalue weighted by Crippen LogP contribution is 2.39. The Morgan fingerprint density at radius 2 is 1.11 bits per heavy atom. The molecule has 19 heavy (non-hydrogen) atoms. The molecule has 0 aliphatic rings. The zero-order chi connectivity index (χ0) is 15.4. The first-order valence-corrected chi connectivity index (χ1v) is 6.88. The average Bonchev–Trinajstić information content (AvgIpc) is 2.19. The second-order valence-electron chi connectivity index (χ2n) is 7.21. The lowest BCUT2D eigenvalue weighted by Crippen LogP contribution is -2.17. The van der Waals surface area contributed by atoms with Gasteiger partial charge in [0, 0.05) is 0 Å². The fraction of sp³-hybridized carbons (Fsp3) is 0.647. The quantitative estimate of drug-likeness (QED) is 0.739. The normalized spacial score (nSPS) is 11.8. The molecule has 0 bridgehead atoms. The number of nitrogens with one attached hydrogen (secondary N) is 1. The molecule has 0 aromatic heterocycles. The summed E-state index contributed by atoms with van der Waals surface area (Å²) in [5, 5.41) is 13.1. The Kier molecular flexibility index (Phi) is 6.08. The van der Waals surface area contributed by atoms with Crippen LogP contribution in [0.25, 0.3) is 0 Å². The van der Waals surface area contributed by atoms with Gasteiger partial charge >= 0.3 is 0 Å². The Labute approximate surface area is 119 Å². The van der Waals surface area contributed by atoms with Crippen molar-refractivity contribution in [2.45, 2.75) is 59.3 Å². The zero-order valence-electron chi connectivity index (χ0n) is 14.1. The minimum atomic E-state index is -0.0178. The molecule has 2 nitrogen and oxygen atoms in total. The lowest BCUT2D eigenvalue weighted by Gasteiger charge is -2.27. The van der Waals surface area contributed by atoms with Crippen molar-refractivity contribution < 1.29 is 5.11 Å². The Morgan fingerprint density at radius 3 is 1.32 bits per heavy atom. The third kappa shape index (κ3) is 5.23. The van der Waals surface area contributed by atoms with Crippen molar-refractivity contribution in [3.8, 4) is 5.75 Å². The van der Waals surface area contributed by atoms with E-state index in [4.69, 9.17) is 0 Å². The summed E-state index contributed by atoms with van der Waals surface area (Å²) in [6.45, 7) is 14.9. The first-order valence-electron chi connectivity index (χ1n) is 6.88. The highest BCUT2D eigenvalue weighted by atomic mass is 16.3. The molecular formula is C17H31NO. The largest absolute Gasteiger partial charge is 0.507 e. The number of hydrogen-bond acceptors (Lipinski definition) is 2. The molecule has 2 N–H and O–H groups in total. The first-order chi connectivity index (χ1) is 8.45. The van der Waals surface area contributed by atoms with Crippen molar-refractivity contribution in [1.82, 2.24) is 5.32 Å². The van der Waals surface area contributed by atoms with Crippen LogP contribution in [0.5, 0.6) is 5.75 Å². The lowest BCUT2D eigenvalue weighted by molar-refractivity contribution is 0.423. The number of benzene rings is 1. The van der Waals surface area contributed by atoms with E-state index in [0.717, 1.165) is 11.1 Å². The summed E-state index contributed by atoms with van der Waals surface area (Å²) in [4.78, 5) is 0. The van der Waals surface area contributed by atoms with Gasteiger partial charge < -0.3 is 10.4 Å². The van der Waals surface area contributed by atoms with Crippen LogP contribution >= 0.6 is 0 Å². The van der Waals surface area contributed by atoms with Crippen LogP contribution in [0.4, 0.5) is 0 Å². The van der Waals surface area contributed by atoms with Gasteiger partial charge in [0.05, 0.1) is 0 Å². The molecular weight excluding hydrogens is 234 g/mol. The smallest absolute Gasteiger partial charge is 0.123 e. The van der Waals surface area contributed by atoms with Crippen LogP contribution in [-0.4, -0.2) is 19.2 Å². The van der Waals surface area contributed by atoms with E-state index in [1.807, 2.05) is 14.1 Å². The van der Waals surface area contributed by atoms with E-state index >= 15 is 0 Å². The fourth-order valence-electron chi connectivity index (χ4n) is 1.92. The number of hydrogen-bond donors (Lipinski definition) is 2. The van der Waals surface area contributed by atoms with Crippen molar-refractivity contribution in [1.29, 1.82) is 0 Å². The van der Waals surface area contributed by atoms with Crippen LogP contribution in [-0.2, 0) is 10.8 Å². The molecule has 0 aliphatic carbocycles. The number of rotatable bonds is 0. The molecule has 0 radical (unpaired) electrons. The molecule has 1 aromatic rings. The third-order valence-corrected chi connectivity index (χ3v) is 2.87. The van der Waals surface area contributed by atoms with Crippen molar-refractivity contribution in [2.24, 2.45) is 0 Å². The molecule has 0 fully saturated rings. The maximum Gasteiger partial charge on any atom is 0.123 e. The first kappa shape index (κ1) is 18.0. The molecule has 0 spiro atoms. The molecule has 110 valence electrons. The summed E-state index contributed by atoms with van der Waals surface area (Å²) < 4.78 is 0. The predicted molar refractivity (Wildman–Crippen MR) is 85.2 cm³/mol. The van der Waals surface area contributed by atoms with E-state index in [1.165, 1.54) is 5.56 Å². The summed E-state index contributed by atoms with van der Waals surface area (Å²) in [6, 6.07) is 4.18.